The topological polar surface area (TPSA) is 35.6 Å². The quantitative estimate of drug-likeness (QED) is 0.781. The molecule has 17 heavy (non-hydrogen) atoms. The molecule has 2 aliphatic heterocycles. The highest BCUT2D eigenvalue weighted by atomic mass is 16.1. The lowest BCUT2D eigenvalue weighted by Gasteiger charge is -2.35. The Morgan fingerprint density at radius 2 is 1.94 bits per heavy atom. The molecule has 1 aromatic rings. The Balaban J connectivity index is 1.89. The van der Waals surface area contributed by atoms with Gasteiger partial charge >= 0.3 is 0 Å². The minimum Gasteiger partial charge on any atom is -0.369 e. The third kappa shape index (κ3) is 1.89. The van der Waals surface area contributed by atoms with E-state index in [0.29, 0.717) is 6.42 Å². The first-order chi connectivity index (χ1) is 8.24. The lowest BCUT2D eigenvalue weighted by molar-refractivity contribution is -0.115. The number of amides is 1. The zero-order valence-electron chi connectivity index (χ0n) is 10.1. The van der Waals surface area contributed by atoms with E-state index in [1.165, 1.54) is 11.3 Å². The van der Waals surface area contributed by atoms with Gasteiger partial charge in [0.1, 0.15) is 0 Å². The molecule has 0 aliphatic carbocycles. The lowest BCUT2D eigenvalue weighted by atomic mass is 10.1. The SMILES string of the molecule is CN1CCN(c2cccc3c2CC(=O)N3)CC1. The molecule has 1 N–H and O–H groups in total. The van der Waals surface area contributed by atoms with Crippen molar-refractivity contribution in [2.24, 2.45) is 0 Å². The van der Waals surface area contributed by atoms with Gasteiger partial charge in [-0.1, -0.05) is 6.07 Å². The van der Waals surface area contributed by atoms with Gasteiger partial charge in [-0.05, 0) is 19.2 Å². The van der Waals surface area contributed by atoms with Gasteiger partial charge in [0, 0.05) is 43.1 Å². The molecule has 0 radical (unpaired) electrons. The molecule has 0 saturated carbocycles. The Kier molecular flexibility index (Phi) is 2.52. The molecule has 90 valence electrons. The number of anilines is 2. The molecule has 0 bridgehead atoms. The van der Waals surface area contributed by atoms with Gasteiger partial charge in [-0.15, -0.1) is 0 Å². The lowest BCUT2D eigenvalue weighted by Crippen LogP contribution is -2.44. The van der Waals surface area contributed by atoms with Crippen molar-refractivity contribution >= 4 is 17.3 Å². The summed E-state index contributed by atoms with van der Waals surface area (Å²) in [5, 5.41) is 2.91. The highest BCUT2D eigenvalue weighted by Gasteiger charge is 2.24. The summed E-state index contributed by atoms with van der Waals surface area (Å²) in [6.07, 6.45) is 0.526. The maximum atomic E-state index is 11.4. The molecule has 1 aromatic carbocycles. The third-order valence-electron chi connectivity index (χ3n) is 3.61. The average molecular weight is 231 g/mol. The van der Waals surface area contributed by atoms with Crippen LogP contribution in [0.15, 0.2) is 18.2 Å². The molecule has 0 atom stereocenters. The van der Waals surface area contributed by atoms with E-state index < -0.39 is 0 Å². The number of carbonyl (C=O) groups is 1. The molecule has 1 amide bonds. The van der Waals surface area contributed by atoms with Crippen LogP contribution >= 0.6 is 0 Å². The Morgan fingerprint density at radius 3 is 2.71 bits per heavy atom. The Bertz CT molecular complexity index is 450. The van der Waals surface area contributed by atoms with E-state index >= 15 is 0 Å². The summed E-state index contributed by atoms with van der Waals surface area (Å²) in [4.78, 5) is 16.2. The van der Waals surface area contributed by atoms with Gasteiger partial charge < -0.3 is 15.1 Å². The van der Waals surface area contributed by atoms with E-state index in [4.69, 9.17) is 0 Å². The van der Waals surface area contributed by atoms with Crippen molar-refractivity contribution < 1.29 is 4.79 Å². The molecule has 0 aromatic heterocycles. The predicted octanol–water partition coefficient (Wildman–Crippen LogP) is 0.933. The van der Waals surface area contributed by atoms with Crippen LogP contribution in [0, 0.1) is 0 Å². The molecule has 4 heteroatoms. The van der Waals surface area contributed by atoms with Crippen molar-refractivity contribution in [3.8, 4) is 0 Å². The fourth-order valence-electron chi connectivity index (χ4n) is 2.58. The van der Waals surface area contributed by atoms with E-state index in [0.717, 1.165) is 31.9 Å². The Labute approximate surface area is 101 Å². The van der Waals surface area contributed by atoms with Gasteiger partial charge in [0.2, 0.25) is 5.91 Å². The molecule has 1 saturated heterocycles. The van der Waals surface area contributed by atoms with E-state index in [-0.39, 0.29) is 5.91 Å². The number of nitrogens with zero attached hydrogens (tertiary/aromatic N) is 2. The number of hydrogen-bond acceptors (Lipinski definition) is 3. The molecular weight excluding hydrogens is 214 g/mol. The second-order valence-electron chi connectivity index (χ2n) is 4.82. The first-order valence-corrected chi connectivity index (χ1v) is 6.09. The molecule has 0 unspecified atom stereocenters. The molecule has 2 aliphatic rings. The smallest absolute Gasteiger partial charge is 0.228 e. The van der Waals surface area contributed by atoms with E-state index in [1.807, 2.05) is 12.1 Å². The second kappa shape index (κ2) is 4.04. The van der Waals surface area contributed by atoms with Gasteiger partial charge in [-0.2, -0.15) is 0 Å². The summed E-state index contributed by atoms with van der Waals surface area (Å²) in [6.45, 7) is 4.26. The summed E-state index contributed by atoms with van der Waals surface area (Å²) in [7, 11) is 2.15. The minimum absolute atomic E-state index is 0.113. The fraction of sp³-hybridized carbons (Fsp3) is 0.462. The van der Waals surface area contributed by atoms with Crippen LogP contribution in [0.1, 0.15) is 5.56 Å². The highest BCUT2D eigenvalue weighted by Crippen LogP contribution is 2.32. The molecule has 0 spiro atoms. The first-order valence-electron chi connectivity index (χ1n) is 6.09. The summed E-state index contributed by atoms with van der Waals surface area (Å²) in [6, 6.07) is 6.14. The van der Waals surface area contributed by atoms with Crippen LogP contribution in [-0.4, -0.2) is 44.0 Å². The molecule has 4 nitrogen and oxygen atoms in total. The van der Waals surface area contributed by atoms with Gasteiger partial charge in [0.25, 0.3) is 0 Å². The maximum Gasteiger partial charge on any atom is 0.228 e. The summed E-state index contributed by atoms with van der Waals surface area (Å²) >= 11 is 0. The summed E-state index contributed by atoms with van der Waals surface area (Å²) in [5.74, 6) is 0.113. The summed E-state index contributed by atoms with van der Waals surface area (Å²) in [5.41, 5.74) is 3.39. The normalized spacial score (nSPS) is 20.3. The van der Waals surface area contributed by atoms with Crippen molar-refractivity contribution in [2.45, 2.75) is 6.42 Å². The first kappa shape index (κ1) is 10.6. The zero-order chi connectivity index (χ0) is 11.8. The monoisotopic (exact) mass is 231 g/mol. The Hall–Kier alpha value is -1.55. The molecule has 2 heterocycles. The zero-order valence-corrected chi connectivity index (χ0v) is 10.1. The summed E-state index contributed by atoms with van der Waals surface area (Å²) < 4.78 is 0. The van der Waals surface area contributed by atoms with E-state index in [2.05, 4.69) is 28.2 Å². The number of nitrogens with one attached hydrogen (secondary N) is 1. The second-order valence-corrected chi connectivity index (χ2v) is 4.82. The van der Waals surface area contributed by atoms with Crippen LogP contribution in [0.5, 0.6) is 0 Å². The number of carbonyl (C=O) groups excluding carboxylic acids is 1. The fourth-order valence-corrected chi connectivity index (χ4v) is 2.58. The van der Waals surface area contributed by atoms with Crippen molar-refractivity contribution in [1.29, 1.82) is 0 Å². The molecule has 1 fully saturated rings. The van der Waals surface area contributed by atoms with Gasteiger partial charge in [-0.25, -0.2) is 0 Å². The van der Waals surface area contributed by atoms with Crippen LogP contribution in [0.3, 0.4) is 0 Å². The number of hydrogen-bond donors (Lipinski definition) is 1. The van der Waals surface area contributed by atoms with Crippen LogP contribution in [0.25, 0.3) is 0 Å². The van der Waals surface area contributed by atoms with Crippen molar-refractivity contribution in [3.05, 3.63) is 23.8 Å². The average Bonchev–Trinajstić information content (AvgIpc) is 2.70. The maximum absolute atomic E-state index is 11.4. The van der Waals surface area contributed by atoms with Gasteiger partial charge in [-0.3, -0.25) is 4.79 Å². The molecule has 3 rings (SSSR count). The van der Waals surface area contributed by atoms with Crippen LogP contribution in [0.2, 0.25) is 0 Å². The number of rotatable bonds is 1. The third-order valence-corrected chi connectivity index (χ3v) is 3.61. The van der Waals surface area contributed by atoms with E-state index in [1.54, 1.807) is 0 Å². The van der Waals surface area contributed by atoms with Crippen molar-refractivity contribution in [1.82, 2.24) is 4.90 Å². The van der Waals surface area contributed by atoms with Crippen LogP contribution in [-0.2, 0) is 11.2 Å². The molecular formula is C13H17N3O. The number of fused-ring (bicyclic) bond motifs is 1. The van der Waals surface area contributed by atoms with Crippen LogP contribution in [0.4, 0.5) is 11.4 Å². The predicted molar refractivity (Wildman–Crippen MR) is 68.5 cm³/mol. The highest BCUT2D eigenvalue weighted by molar-refractivity contribution is 6.01. The number of likely N-dealkylation sites (N-methyl/N-ethyl adjacent to an activating group) is 1. The minimum atomic E-state index is 0.113. The van der Waals surface area contributed by atoms with Crippen molar-refractivity contribution in [3.63, 3.8) is 0 Å². The van der Waals surface area contributed by atoms with E-state index in [9.17, 15) is 4.79 Å². The standard InChI is InChI=1S/C13H17N3O/c1-15-5-7-16(8-6-15)12-4-2-3-11-10(12)9-13(17)14-11/h2-4H,5-9H2,1H3,(H,14,17). The van der Waals surface area contributed by atoms with Gasteiger partial charge in [0.05, 0.1) is 6.42 Å². The Morgan fingerprint density at radius 1 is 1.18 bits per heavy atom. The van der Waals surface area contributed by atoms with Gasteiger partial charge in [0.15, 0.2) is 0 Å². The van der Waals surface area contributed by atoms with Crippen molar-refractivity contribution in [2.75, 3.05) is 43.4 Å². The number of piperazine rings is 1. The largest absolute Gasteiger partial charge is 0.369 e. The number of benzene rings is 1. The van der Waals surface area contributed by atoms with Crippen LogP contribution < -0.4 is 10.2 Å².